The number of hydrogen-bond acceptors (Lipinski definition) is 5. The van der Waals surface area contributed by atoms with E-state index in [2.05, 4.69) is 4.74 Å². The topological polar surface area (TPSA) is 95.9 Å². The smallest absolute Gasteiger partial charge is 0.172 e. The molecule has 5 heteroatoms. The van der Waals surface area contributed by atoms with Gasteiger partial charge in [-0.1, -0.05) is 0 Å². The summed E-state index contributed by atoms with van der Waals surface area (Å²) in [6.45, 7) is -0.0734. The highest BCUT2D eigenvalue weighted by molar-refractivity contribution is 4.84. The fourth-order valence-electron chi connectivity index (χ4n) is 0.832. The minimum Gasteiger partial charge on any atom is -0.389 e. The maximum absolute atomic E-state index is 9.00. The van der Waals surface area contributed by atoms with E-state index in [0.29, 0.717) is 0 Å². The van der Waals surface area contributed by atoms with Crippen LogP contribution >= 0.6 is 0 Å². The standard InChI is InChI=1S/C5H11NO4/c6-3-4(8)2(7)1-10-5(3)9/h2-5,7-9H,1,6H2. The third kappa shape index (κ3) is 1.28. The molecule has 1 aliphatic heterocycles. The summed E-state index contributed by atoms with van der Waals surface area (Å²) in [5, 5.41) is 26.7. The van der Waals surface area contributed by atoms with Crippen LogP contribution in [0.5, 0.6) is 0 Å². The molecule has 1 saturated heterocycles. The third-order valence-electron chi connectivity index (χ3n) is 1.56. The summed E-state index contributed by atoms with van der Waals surface area (Å²) in [5.74, 6) is 0. The van der Waals surface area contributed by atoms with E-state index in [1.807, 2.05) is 0 Å². The molecular formula is C5H11NO4. The van der Waals surface area contributed by atoms with E-state index in [1.165, 1.54) is 0 Å². The van der Waals surface area contributed by atoms with Gasteiger partial charge in [-0.15, -0.1) is 0 Å². The zero-order valence-corrected chi connectivity index (χ0v) is 5.34. The molecule has 1 fully saturated rings. The average molecular weight is 149 g/mol. The third-order valence-corrected chi connectivity index (χ3v) is 1.56. The summed E-state index contributed by atoms with van der Waals surface area (Å²) in [7, 11) is 0. The average Bonchev–Trinajstić information content (AvgIpc) is 1.93. The molecule has 0 aromatic rings. The molecule has 1 aliphatic rings. The molecular weight excluding hydrogens is 138 g/mol. The van der Waals surface area contributed by atoms with Gasteiger partial charge < -0.3 is 25.8 Å². The Labute approximate surface area is 58.0 Å². The van der Waals surface area contributed by atoms with Crippen molar-refractivity contribution in [3.8, 4) is 0 Å². The lowest BCUT2D eigenvalue weighted by molar-refractivity contribution is -0.205. The van der Waals surface area contributed by atoms with Crippen molar-refractivity contribution in [3.05, 3.63) is 0 Å². The second-order valence-corrected chi connectivity index (χ2v) is 2.36. The van der Waals surface area contributed by atoms with Crippen molar-refractivity contribution in [1.82, 2.24) is 0 Å². The Morgan fingerprint density at radius 3 is 2.40 bits per heavy atom. The molecule has 0 aliphatic carbocycles. The first kappa shape index (κ1) is 7.90. The molecule has 4 atom stereocenters. The van der Waals surface area contributed by atoms with Crippen molar-refractivity contribution in [1.29, 1.82) is 0 Å². The molecule has 0 aromatic heterocycles. The lowest BCUT2D eigenvalue weighted by Crippen LogP contribution is -2.57. The normalized spacial score (nSPS) is 49.2. The van der Waals surface area contributed by atoms with Crippen LogP contribution in [0.3, 0.4) is 0 Å². The molecule has 1 heterocycles. The van der Waals surface area contributed by atoms with E-state index in [4.69, 9.17) is 21.1 Å². The van der Waals surface area contributed by atoms with Gasteiger partial charge in [-0.05, 0) is 0 Å². The zero-order valence-electron chi connectivity index (χ0n) is 5.34. The van der Waals surface area contributed by atoms with Gasteiger partial charge in [0, 0.05) is 0 Å². The van der Waals surface area contributed by atoms with Gasteiger partial charge in [-0.3, -0.25) is 0 Å². The van der Waals surface area contributed by atoms with Gasteiger partial charge in [-0.25, -0.2) is 0 Å². The lowest BCUT2D eigenvalue weighted by Gasteiger charge is -2.32. The molecule has 0 radical (unpaired) electrons. The second-order valence-electron chi connectivity index (χ2n) is 2.36. The minimum atomic E-state index is -1.17. The largest absolute Gasteiger partial charge is 0.389 e. The van der Waals surface area contributed by atoms with E-state index >= 15 is 0 Å². The van der Waals surface area contributed by atoms with Crippen LogP contribution in [0.15, 0.2) is 0 Å². The SMILES string of the molecule is NC1C(O)OCC(O)C1O. The van der Waals surface area contributed by atoms with Crippen LogP contribution in [0.4, 0.5) is 0 Å². The fraction of sp³-hybridized carbons (Fsp3) is 1.00. The highest BCUT2D eigenvalue weighted by Gasteiger charge is 2.34. The van der Waals surface area contributed by atoms with Crippen LogP contribution in [-0.2, 0) is 4.74 Å². The van der Waals surface area contributed by atoms with Crippen LogP contribution in [0.25, 0.3) is 0 Å². The number of rotatable bonds is 0. The molecule has 5 nitrogen and oxygen atoms in total. The van der Waals surface area contributed by atoms with Crippen molar-refractivity contribution in [3.63, 3.8) is 0 Å². The predicted octanol–water partition coefficient (Wildman–Crippen LogP) is -2.62. The van der Waals surface area contributed by atoms with Crippen LogP contribution < -0.4 is 5.73 Å². The van der Waals surface area contributed by atoms with Crippen LogP contribution in [0, 0.1) is 0 Å². The van der Waals surface area contributed by atoms with Gasteiger partial charge in [0.2, 0.25) is 0 Å². The molecule has 60 valence electrons. The maximum atomic E-state index is 9.00. The van der Waals surface area contributed by atoms with Crippen molar-refractivity contribution in [2.75, 3.05) is 6.61 Å². The summed E-state index contributed by atoms with van der Waals surface area (Å²) in [4.78, 5) is 0. The summed E-state index contributed by atoms with van der Waals surface area (Å²) in [6, 6.07) is -0.913. The molecule has 0 bridgehead atoms. The minimum absolute atomic E-state index is 0.0734. The van der Waals surface area contributed by atoms with Gasteiger partial charge in [0.05, 0.1) is 12.6 Å². The number of ether oxygens (including phenoxy) is 1. The number of aliphatic hydroxyl groups excluding tert-OH is 3. The Balaban J connectivity index is 2.52. The Morgan fingerprint density at radius 1 is 1.30 bits per heavy atom. The number of aliphatic hydroxyl groups is 3. The highest BCUT2D eigenvalue weighted by Crippen LogP contribution is 2.10. The van der Waals surface area contributed by atoms with E-state index in [0.717, 1.165) is 0 Å². The predicted molar refractivity (Wildman–Crippen MR) is 31.9 cm³/mol. The molecule has 1 rings (SSSR count). The van der Waals surface area contributed by atoms with E-state index in [-0.39, 0.29) is 6.61 Å². The van der Waals surface area contributed by atoms with Gasteiger partial charge >= 0.3 is 0 Å². The van der Waals surface area contributed by atoms with Crippen molar-refractivity contribution >= 4 is 0 Å². The number of hydrogen-bond donors (Lipinski definition) is 4. The van der Waals surface area contributed by atoms with E-state index < -0.39 is 24.5 Å². The van der Waals surface area contributed by atoms with Crippen LogP contribution in [-0.4, -0.2) is 46.5 Å². The number of nitrogens with two attached hydrogens (primary N) is 1. The van der Waals surface area contributed by atoms with Crippen molar-refractivity contribution < 1.29 is 20.1 Å². The Morgan fingerprint density at radius 2 is 1.90 bits per heavy atom. The summed E-state index contributed by atoms with van der Waals surface area (Å²) < 4.78 is 4.59. The first-order valence-corrected chi connectivity index (χ1v) is 3.04. The molecule has 0 saturated carbocycles. The van der Waals surface area contributed by atoms with Crippen LogP contribution in [0.1, 0.15) is 0 Å². The quantitative estimate of drug-likeness (QED) is 0.302. The zero-order chi connectivity index (χ0) is 7.72. The Hall–Kier alpha value is -0.200. The summed E-state index contributed by atoms with van der Waals surface area (Å²) in [5.41, 5.74) is 5.23. The lowest BCUT2D eigenvalue weighted by atomic mass is 10.0. The summed E-state index contributed by atoms with van der Waals surface area (Å²) in [6.07, 6.45) is -3.25. The van der Waals surface area contributed by atoms with Gasteiger partial charge in [0.15, 0.2) is 6.29 Å². The molecule has 0 spiro atoms. The summed E-state index contributed by atoms with van der Waals surface area (Å²) >= 11 is 0. The Bertz CT molecular complexity index is 106. The van der Waals surface area contributed by atoms with Gasteiger partial charge in [0.1, 0.15) is 12.2 Å². The van der Waals surface area contributed by atoms with Gasteiger partial charge in [0.25, 0.3) is 0 Å². The molecule has 5 N–H and O–H groups in total. The van der Waals surface area contributed by atoms with Gasteiger partial charge in [-0.2, -0.15) is 0 Å². The molecule has 0 amide bonds. The van der Waals surface area contributed by atoms with Crippen molar-refractivity contribution in [2.45, 2.75) is 24.5 Å². The first-order valence-electron chi connectivity index (χ1n) is 3.04. The van der Waals surface area contributed by atoms with E-state index in [1.54, 1.807) is 0 Å². The molecule has 4 unspecified atom stereocenters. The monoisotopic (exact) mass is 149 g/mol. The maximum Gasteiger partial charge on any atom is 0.172 e. The second kappa shape index (κ2) is 2.81. The Kier molecular flexibility index (Phi) is 2.22. The van der Waals surface area contributed by atoms with Crippen LogP contribution in [0.2, 0.25) is 0 Å². The highest BCUT2D eigenvalue weighted by atomic mass is 16.6. The molecule has 10 heavy (non-hydrogen) atoms. The fourth-order valence-corrected chi connectivity index (χ4v) is 0.832. The van der Waals surface area contributed by atoms with E-state index in [9.17, 15) is 0 Å². The molecule has 0 aromatic carbocycles. The van der Waals surface area contributed by atoms with Crippen molar-refractivity contribution in [2.24, 2.45) is 5.73 Å². The first-order chi connectivity index (χ1) is 4.63.